The second kappa shape index (κ2) is 5.08. The highest BCUT2D eigenvalue weighted by Gasteiger charge is 2.72. The van der Waals surface area contributed by atoms with Crippen LogP contribution in [0.4, 0.5) is 0 Å². The van der Waals surface area contributed by atoms with Crippen LogP contribution < -0.4 is 0 Å². The van der Waals surface area contributed by atoms with Crippen molar-refractivity contribution in [3.63, 3.8) is 0 Å². The molecule has 0 saturated heterocycles. The number of esters is 1. The zero-order valence-corrected chi connectivity index (χ0v) is 13.8. The van der Waals surface area contributed by atoms with E-state index in [2.05, 4.69) is 0 Å². The van der Waals surface area contributed by atoms with Gasteiger partial charge in [-0.25, -0.2) is 4.79 Å². The molecule has 5 aliphatic rings. The van der Waals surface area contributed by atoms with Gasteiger partial charge >= 0.3 is 5.97 Å². The van der Waals surface area contributed by atoms with E-state index in [0.29, 0.717) is 12.0 Å². The lowest BCUT2D eigenvalue weighted by molar-refractivity contribution is -0.146. The van der Waals surface area contributed by atoms with Crippen molar-refractivity contribution in [2.75, 3.05) is 13.2 Å². The summed E-state index contributed by atoms with van der Waals surface area (Å²) in [5.41, 5.74) is 0.305. The van der Waals surface area contributed by atoms with Crippen molar-refractivity contribution in [1.82, 2.24) is 0 Å². The molecule has 0 radical (unpaired) electrons. The number of fused-ring (bicyclic) bond motifs is 12. The zero-order valence-electron chi connectivity index (χ0n) is 13.8. The molecule has 0 aliphatic heterocycles. The van der Waals surface area contributed by atoms with Gasteiger partial charge in [-0.3, -0.25) is 0 Å². The molecule has 8 atom stereocenters. The molecular weight excluding hydrogens is 288 g/mol. The first kappa shape index (κ1) is 14.5. The summed E-state index contributed by atoms with van der Waals surface area (Å²) in [7, 11) is 0. The Hall–Kier alpha value is -0.830. The molecule has 0 aromatic rings. The van der Waals surface area contributed by atoms with E-state index in [9.17, 15) is 4.79 Å². The van der Waals surface area contributed by atoms with Gasteiger partial charge in [-0.2, -0.15) is 0 Å². The van der Waals surface area contributed by atoms with Crippen LogP contribution in [0.2, 0.25) is 0 Å². The third-order valence-electron chi connectivity index (χ3n) is 8.45. The number of hydrogen-bond donors (Lipinski definition) is 1. The number of rotatable bonds is 4. The average Bonchev–Trinajstić information content (AvgIpc) is 3.33. The van der Waals surface area contributed by atoms with Gasteiger partial charge in [0.2, 0.25) is 0 Å². The second-order valence-corrected chi connectivity index (χ2v) is 8.93. The lowest BCUT2D eigenvalue weighted by Gasteiger charge is -2.47. The van der Waals surface area contributed by atoms with Crippen molar-refractivity contribution >= 4 is 5.97 Å². The van der Waals surface area contributed by atoms with Crippen LogP contribution >= 0.6 is 0 Å². The highest BCUT2D eigenvalue weighted by molar-refractivity contribution is 5.81. The SMILES string of the molecule is O=C(C=CCO)OCC12CC(C3CCCC31)C1C3CCC(C3)C12. The van der Waals surface area contributed by atoms with E-state index in [0.717, 1.165) is 41.4 Å². The molecule has 3 heteroatoms. The Labute approximate surface area is 138 Å². The minimum absolute atomic E-state index is 0.0958. The van der Waals surface area contributed by atoms with E-state index < -0.39 is 0 Å². The van der Waals surface area contributed by atoms with Crippen LogP contribution in [-0.4, -0.2) is 24.3 Å². The quantitative estimate of drug-likeness (QED) is 0.492. The first-order valence-electron chi connectivity index (χ1n) is 9.69. The summed E-state index contributed by atoms with van der Waals surface area (Å²) in [4.78, 5) is 12.0. The molecule has 0 amide bonds. The van der Waals surface area contributed by atoms with Crippen LogP contribution in [0.5, 0.6) is 0 Å². The predicted molar refractivity (Wildman–Crippen MR) is 86.4 cm³/mol. The third kappa shape index (κ3) is 1.83. The van der Waals surface area contributed by atoms with Crippen LogP contribution in [-0.2, 0) is 9.53 Å². The van der Waals surface area contributed by atoms with Crippen LogP contribution in [0.1, 0.15) is 44.9 Å². The number of carbonyl (C=O) groups is 1. The lowest BCUT2D eigenvalue weighted by atomic mass is 9.58. The smallest absolute Gasteiger partial charge is 0.330 e. The molecule has 0 heterocycles. The predicted octanol–water partition coefficient (Wildman–Crippen LogP) is 3.18. The Morgan fingerprint density at radius 2 is 2.04 bits per heavy atom. The van der Waals surface area contributed by atoms with Gasteiger partial charge in [0.15, 0.2) is 0 Å². The summed E-state index contributed by atoms with van der Waals surface area (Å²) >= 11 is 0. The number of aliphatic hydroxyl groups excluding tert-OH is 1. The standard InChI is InChI=1S/C20H28O3/c21-8-2-5-17(22)23-11-20-10-15(14-3-1-4-16(14)20)18-12-6-7-13(9-12)19(18)20/h2,5,12-16,18-19,21H,1,3-4,6-11H2. The lowest BCUT2D eigenvalue weighted by Crippen LogP contribution is -2.46. The molecule has 5 aliphatic carbocycles. The van der Waals surface area contributed by atoms with Crippen molar-refractivity contribution in [2.24, 2.45) is 46.8 Å². The fourth-order valence-electron chi connectivity index (χ4n) is 8.23. The van der Waals surface area contributed by atoms with E-state index in [1.807, 2.05) is 0 Å². The van der Waals surface area contributed by atoms with Crippen LogP contribution in [0.25, 0.3) is 0 Å². The summed E-state index contributed by atoms with van der Waals surface area (Å²) in [6, 6.07) is 0. The van der Waals surface area contributed by atoms with Gasteiger partial charge in [-0.05, 0) is 80.0 Å². The first-order valence-corrected chi connectivity index (χ1v) is 9.69. The summed E-state index contributed by atoms with van der Waals surface area (Å²) < 4.78 is 5.74. The van der Waals surface area contributed by atoms with E-state index in [1.165, 1.54) is 57.1 Å². The molecule has 4 bridgehead atoms. The Morgan fingerprint density at radius 1 is 1.17 bits per heavy atom. The summed E-state index contributed by atoms with van der Waals surface area (Å²) in [6.45, 7) is 0.547. The van der Waals surface area contributed by atoms with Gasteiger partial charge in [0.25, 0.3) is 0 Å². The number of aliphatic hydroxyl groups is 1. The molecule has 0 aromatic carbocycles. The topological polar surface area (TPSA) is 46.5 Å². The van der Waals surface area contributed by atoms with Crippen LogP contribution in [0, 0.1) is 46.8 Å². The van der Waals surface area contributed by atoms with Crippen molar-refractivity contribution in [3.8, 4) is 0 Å². The molecule has 126 valence electrons. The van der Waals surface area contributed by atoms with Crippen molar-refractivity contribution < 1.29 is 14.6 Å². The molecule has 5 rings (SSSR count). The summed E-state index contributed by atoms with van der Waals surface area (Å²) in [5, 5.41) is 8.82. The van der Waals surface area contributed by atoms with E-state index >= 15 is 0 Å². The van der Waals surface area contributed by atoms with Gasteiger partial charge in [0.1, 0.15) is 0 Å². The molecule has 8 unspecified atom stereocenters. The van der Waals surface area contributed by atoms with Gasteiger partial charge in [0.05, 0.1) is 13.2 Å². The molecule has 3 nitrogen and oxygen atoms in total. The van der Waals surface area contributed by atoms with Crippen molar-refractivity contribution in [2.45, 2.75) is 44.9 Å². The Balaban J connectivity index is 1.42. The molecule has 5 fully saturated rings. The maximum Gasteiger partial charge on any atom is 0.330 e. The minimum Gasteiger partial charge on any atom is -0.462 e. The fourth-order valence-corrected chi connectivity index (χ4v) is 8.23. The van der Waals surface area contributed by atoms with Gasteiger partial charge < -0.3 is 9.84 Å². The largest absolute Gasteiger partial charge is 0.462 e. The first-order chi connectivity index (χ1) is 11.2. The maximum absolute atomic E-state index is 12.0. The number of hydrogen-bond acceptors (Lipinski definition) is 3. The molecular formula is C20H28O3. The molecule has 23 heavy (non-hydrogen) atoms. The van der Waals surface area contributed by atoms with Crippen LogP contribution in [0.3, 0.4) is 0 Å². The second-order valence-electron chi connectivity index (χ2n) is 8.93. The summed E-state index contributed by atoms with van der Waals surface area (Å²) in [6.07, 6.45) is 12.7. The van der Waals surface area contributed by atoms with E-state index in [-0.39, 0.29) is 12.6 Å². The van der Waals surface area contributed by atoms with Gasteiger partial charge in [-0.15, -0.1) is 0 Å². The maximum atomic E-state index is 12.0. The fraction of sp³-hybridized carbons (Fsp3) is 0.850. The Bertz CT molecular complexity index is 541. The van der Waals surface area contributed by atoms with Gasteiger partial charge in [0, 0.05) is 11.5 Å². The highest BCUT2D eigenvalue weighted by Crippen LogP contribution is 2.77. The summed E-state index contributed by atoms with van der Waals surface area (Å²) in [5.74, 6) is 6.14. The Kier molecular flexibility index (Phi) is 3.21. The molecule has 0 spiro atoms. The van der Waals surface area contributed by atoms with E-state index in [4.69, 9.17) is 9.84 Å². The van der Waals surface area contributed by atoms with Crippen molar-refractivity contribution in [1.29, 1.82) is 0 Å². The molecule has 0 aromatic heterocycles. The zero-order chi connectivity index (χ0) is 15.6. The number of carbonyl (C=O) groups excluding carboxylic acids is 1. The Morgan fingerprint density at radius 3 is 2.91 bits per heavy atom. The van der Waals surface area contributed by atoms with Crippen molar-refractivity contribution in [3.05, 3.63) is 12.2 Å². The molecule has 5 saturated carbocycles. The van der Waals surface area contributed by atoms with E-state index in [1.54, 1.807) is 0 Å². The normalized spacial score (nSPS) is 52.3. The van der Waals surface area contributed by atoms with Crippen LogP contribution in [0.15, 0.2) is 12.2 Å². The van der Waals surface area contributed by atoms with Gasteiger partial charge in [-0.1, -0.05) is 12.5 Å². The third-order valence-corrected chi connectivity index (χ3v) is 8.45. The average molecular weight is 316 g/mol. The molecule has 1 N–H and O–H groups in total. The number of ether oxygens (including phenoxy) is 1. The monoisotopic (exact) mass is 316 g/mol. The highest BCUT2D eigenvalue weighted by atomic mass is 16.5. The minimum atomic E-state index is -0.266.